The number of ether oxygens (including phenoxy) is 1. The first-order valence-electron chi connectivity index (χ1n) is 5.35. The van der Waals surface area contributed by atoms with Crippen molar-refractivity contribution in [2.24, 2.45) is 5.92 Å². The Labute approximate surface area is 86.5 Å². The first-order valence-corrected chi connectivity index (χ1v) is 5.35. The van der Waals surface area contributed by atoms with Gasteiger partial charge < -0.3 is 9.84 Å². The summed E-state index contributed by atoms with van der Waals surface area (Å²) < 4.78 is 5.54. The summed E-state index contributed by atoms with van der Waals surface area (Å²) in [5.74, 6) is -0.0550. The summed E-state index contributed by atoms with van der Waals surface area (Å²) in [7, 11) is 0. The molecule has 3 heteroatoms. The first-order chi connectivity index (χ1) is 6.52. The van der Waals surface area contributed by atoms with Gasteiger partial charge in [-0.15, -0.1) is 0 Å². The second kappa shape index (κ2) is 7.80. The molecular weight excluding hydrogens is 180 g/mol. The van der Waals surface area contributed by atoms with E-state index in [1.807, 2.05) is 6.92 Å². The Morgan fingerprint density at radius 2 is 1.93 bits per heavy atom. The molecule has 0 aliphatic heterocycles. The molecule has 0 aliphatic carbocycles. The molecule has 1 atom stereocenters. The predicted octanol–water partition coefficient (Wildman–Crippen LogP) is 2.69. The van der Waals surface area contributed by atoms with Gasteiger partial charge in [-0.05, 0) is 32.1 Å². The summed E-state index contributed by atoms with van der Waals surface area (Å²) >= 11 is 0. The fourth-order valence-electron chi connectivity index (χ4n) is 1.13. The highest BCUT2D eigenvalue weighted by molar-refractivity contribution is 5.66. The van der Waals surface area contributed by atoms with Crippen molar-refractivity contribution in [1.82, 2.24) is 0 Å². The van der Waals surface area contributed by atoms with E-state index in [9.17, 15) is 4.79 Å². The Hall–Kier alpha value is -0.570. The second-order valence-corrected chi connectivity index (χ2v) is 4.15. The van der Waals surface area contributed by atoms with E-state index in [1.54, 1.807) is 0 Å². The van der Waals surface area contributed by atoms with Gasteiger partial charge in [-0.25, -0.2) is 0 Å². The van der Waals surface area contributed by atoms with Crippen molar-refractivity contribution in [2.45, 2.75) is 52.6 Å². The SMILES string of the molecule is CC(C)CCOC(C)CCCC(=O)O. The number of carboxylic acid groups (broad SMARTS) is 1. The van der Waals surface area contributed by atoms with Gasteiger partial charge in [0.25, 0.3) is 0 Å². The van der Waals surface area contributed by atoms with E-state index in [0.717, 1.165) is 19.4 Å². The van der Waals surface area contributed by atoms with Crippen molar-refractivity contribution in [3.63, 3.8) is 0 Å². The number of aliphatic carboxylic acids is 1. The first kappa shape index (κ1) is 13.4. The van der Waals surface area contributed by atoms with Crippen molar-refractivity contribution in [1.29, 1.82) is 0 Å². The van der Waals surface area contributed by atoms with Crippen molar-refractivity contribution >= 4 is 5.97 Å². The standard InChI is InChI=1S/C11H22O3/c1-9(2)7-8-14-10(3)5-4-6-11(12)13/h9-10H,4-8H2,1-3H3,(H,12,13). The van der Waals surface area contributed by atoms with Crippen LogP contribution in [0.3, 0.4) is 0 Å². The number of carboxylic acids is 1. The van der Waals surface area contributed by atoms with Gasteiger partial charge in [0, 0.05) is 13.0 Å². The van der Waals surface area contributed by atoms with Crippen LogP contribution in [0.1, 0.15) is 46.5 Å². The minimum Gasteiger partial charge on any atom is -0.481 e. The average Bonchev–Trinajstić information content (AvgIpc) is 2.02. The monoisotopic (exact) mass is 202 g/mol. The van der Waals surface area contributed by atoms with Crippen LogP contribution in [-0.2, 0) is 9.53 Å². The van der Waals surface area contributed by atoms with Crippen LogP contribution in [0.25, 0.3) is 0 Å². The van der Waals surface area contributed by atoms with Gasteiger partial charge in [-0.2, -0.15) is 0 Å². The van der Waals surface area contributed by atoms with E-state index in [-0.39, 0.29) is 12.5 Å². The Balaban J connectivity index is 3.27. The van der Waals surface area contributed by atoms with Gasteiger partial charge in [0.1, 0.15) is 0 Å². The summed E-state index contributed by atoms with van der Waals surface area (Å²) in [5, 5.41) is 8.43. The summed E-state index contributed by atoms with van der Waals surface area (Å²) in [6, 6.07) is 0. The molecule has 1 N–H and O–H groups in total. The van der Waals surface area contributed by atoms with E-state index < -0.39 is 5.97 Å². The molecule has 0 aromatic heterocycles. The fraction of sp³-hybridized carbons (Fsp3) is 0.909. The molecule has 0 bridgehead atoms. The van der Waals surface area contributed by atoms with E-state index in [4.69, 9.17) is 9.84 Å². The fourth-order valence-corrected chi connectivity index (χ4v) is 1.13. The molecule has 14 heavy (non-hydrogen) atoms. The smallest absolute Gasteiger partial charge is 0.303 e. The zero-order valence-corrected chi connectivity index (χ0v) is 9.45. The number of hydrogen-bond acceptors (Lipinski definition) is 2. The van der Waals surface area contributed by atoms with Crippen LogP contribution in [0.5, 0.6) is 0 Å². The lowest BCUT2D eigenvalue weighted by Gasteiger charge is -2.13. The van der Waals surface area contributed by atoms with Crippen molar-refractivity contribution < 1.29 is 14.6 Å². The van der Waals surface area contributed by atoms with E-state index in [2.05, 4.69) is 13.8 Å². The van der Waals surface area contributed by atoms with Gasteiger partial charge in [-0.1, -0.05) is 13.8 Å². The molecule has 1 unspecified atom stereocenters. The van der Waals surface area contributed by atoms with Crippen molar-refractivity contribution in [3.05, 3.63) is 0 Å². The number of carbonyl (C=O) groups is 1. The topological polar surface area (TPSA) is 46.5 Å². The molecule has 0 saturated heterocycles. The quantitative estimate of drug-likeness (QED) is 0.658. The van der Waals surface area contributed by atoms with Crippen LogP contribution in [0.2, 0.25) is 0 Å². The number of rotatable bonds is 8. The summed E-state index contributed by atoms with van der Waals surface area (Å²) in [4.78, 5) is 10.2. The highest BCUT2D eigenvalue weighted by Crippen LogP contribution is 2.07. The maximum Gasteiger partial charge on any atom is 0.303 e. The molecule has 0 aromatic rings. The van der Waals surface area contributed by atoms with Crippen LogP contribution in [-0.4, -0.2) is 23.8 Å². The minimum absolute atomic E-state index is 0.188. The highest BCUT2D eigenvalue weighted by atomic mass is 16.5. The van der Waals surface area contributed by atoms with Gasteiger partial charge in [-0.3, -0.25) is 4.79 Å². The molecule has 0 amide bonds. The summed E-state index contributed by atoms with van der Waals surface area (Å²) in [6.45, 7) is 7.12. The molecule has 0 aliphatic rings. The number of hydrogen-bond donors (Lipinski definition) is 1. The Morgan fingerprint density at radius 1 is 1.29 bits per heavy atom. The van der Waals surface area contributed by atoms with Gasteiger partial charge in [0.05, 0.1) is 6.10 Å². The zero-order chi connectivity index (χ0) is 11.0. The lowest BCUT2D eigenvalue weighted by molar-refractivity contribution is -0.137. The molecule has 0 aromatic carbocycles. The van der Waals surface area contributed by atoms with Gasteiger partial charge in [0.2, 0.25) is 0 Å². The lowest BCUT2D eigenvalue weighted by atomic mass is 10.1. The average molecular weight is 202 g/mol. The predicted molar refractivity (Wildman–Crippen MR) is 56.4 cm³/mol. The van der Waals surface area contributed by atoms with Crippen molar-refractivity contribution in [3.8, 4) is 0 Å². The molecule has 0 rings (SSSR count). The highest BCUT2D eigenvalue weighted by Gasteiger charge is 2.04. The third-order valence-electron chi connectivity index (χ3n) is 2.10. The van der Waals surface area contributed by atoms with E-state index in [0.29, 0.717) is 12.3 Å². The molecule has 0 heterocycles. The Morgan fingerprint density at radius 3 is 2.43 bits per heavy atom. The van der Waals surface area contributed by atoms with Crippen LogP contribution >= 0.6 is 0 Å². The Bertz CT molecular complexity index is 155. The maximum absolute atomic E-state index is 10.2. The Kier molecular flexibility index (Phi) is 7.48. The third-order valence-corrected chi connectivity index (χ3v) is 2.10. The van der Waals surface area contributed by atoms with Crippen LogP contribution in [0.4, 0.5) is 0 Å². The van der Waals surface area contributed by atoms with Gasteiger partial charge >= 0.3 is 5.97 Å². The van der Waals surface area contributed by atoms with Crippen LogP contribution in [0, 0.1) is 5.92 Å². The van der Waals surface area contributed by atoms with Crippen molar-refractivity contribution in [2.75, 3.05) is 6.61 Å². The second-order valence-electron chi connectivity index (χ2n) is 4.15. The molecular formula is C11H22O3. The minimum atomic E-state index is -0.723. The summed E-state index contributed by atoms with van der Waals surface area (Å²) in [5.41, 5.74) is 0. The molecule has 0 saturated carbocycles. The zero-order valence-electron chi connectivity index (χ0n) is 9.45. The lowest BCUT2D eigenvalue weighted by Crippen LogP contribution is -2.11. The molecule has 0 spiro atoms. The van der Waals surface area contributed by atoms with Crippen LogP contribution in [0.15, 0.2) is 0 Å². The molecule has 3 nitrogen and oxygen atoms in total. The van der Waals surface area contributed by atoms with Crippen LogP contribution < -0.4 is 0 Å². The molecule has 84 valence electrons. The van der Waals surface area contributed by atoms with Gasteiger partial charge in [0.15, 0.2) is 0 Å². The maximum atomic E-state index is 10.2. The van der Waals surface area contributed by atoms with E-state index >= 15 is 0 Å². The normalized spacial score (nSPS) is 13.1. The third kappa shape index (κ3) is 9.52. The van der Waals surface area contributed by atoms with E-state index in [1.165, 1.54) is 0 Å². The summed E-state index contributed by atoms with van der Waals surface area (Å²) in [6.07, 6.45) is 3.05. The largest absolute Gasteiger partial charge is 0.481 e. The molecule has 0 radical (unpaired) electrons. The molecule has 0 fully saturated rings.